The van der Waals surface area contributed by atoms with Crippen LogP contribution in [0.4, 0.5) is 18.0 Å². The summed E-state index contributed by atoms with van der Waals surface area (Å²) in [6.45, 7) is 3.58. The average Bonchev–Trinajstić information content (AvgIpc) is 2.71. The number of alkyl halides is 3. The van der Waals surface area contributed by atoms with Gasteiger partial charge in [0.05, 0.1) is 12.1 Å². The first kappa shape index (κ1) is 20.9. The van der Waals surface area contributed by atoms with Gasteiger partial charge in [-0.1, -0.05) is 6.07 Å². The van der Waals surface area contributed by atoms with E-state index in [2.05, 4.69) is 10.3 Å². The molecule has 2 atom stereocenters. The highest BCUT2D eigenvalue weighted by Crippen LogP contribution is 2.34. The minimum atomic E-state index is -4.45. The van der Waals surface area contributed by atoms with Crippen LogP contribution in [-0.4, -0.2) is 71.7 Å². The number of morpholine rings is 1. The van der Waals surface area contributed by atoms with Crippen molar-refractivity contribution in [3.05, 3.63) is 29.1 Å². The number of halogens is 3. The zero-order valence-electron chi connectivity index (χ0n) is 16.7. The van der Waals surface area contributed by atoms with Gasteiger partial charge in [-0.15, -0.1) is 0 Å². The van der Waals surface area contributed by atoms with Crippen LogP contribution in [0.5, 0.6) is 0 Å². The number of carbonyl (C=O) groups excluding carboxylic acids is 2. The van der Waals surface area contributed by atoms with E-state index in [-0.39, 0.29) is 42.2 Å². The predicted molar refractivity (Wildman–Crippen MR) is 101 cm³/mol. The summed E-state index contributed by atoms with van der Waals surface area (Å²) in [6.07, 6.45) is -1.14. The topological polar surface area (TPSA) is 74.8 Å². The van der Waals surface area contributed by atoms with Gasteiger partial charge < -0.3 is 19.9 Å². The Kier molecular flexibility index (Phi) is 5.61. The second-order valence-corrected chi connectivity index (χ2v) is 8.23. The summed E-state index contributed by atoms with van der Waals surface area (Å²) in [7, 11) is 0. The molecule has 1 unspecified atom stereocenters. The molecule has 0 aliphatic carbocycles. The first-order valence-corrected chi connectivity index (χ1v) is 10.2. The zero-order valence-corrected chi connectivity index (χ0v) is 16.7. The average molecular weight is 426 g/mol. The smallest absolute Gasteiger partial charge is 0.366 e. The number of urea groups is 1. The number of piperidine rings is 2. The number of aromatic nitrogens is 1. The molecule has 4 rings (SSSR count). The lowest BCUT2D eigenvalue weighted by molar-refractivity contribution is -0.141. The second-order valence-electron chi connectivity index (χ2n) is 8.23. The molecule has 0 bridgehead atoms. The Balaban J connectivity index is 1.34. The van der Waals surface area contributed by atoms with Crippen molar-refractivity contribution in [2.24, 2.45) is 0 Å². The molecule has 1 aromatic heterocycles. The molecule has 10 heteroatoms. The van der Waals surface area contributed by atoms with Crippen LogP contribution in [0.1, 0.15) is 42.0 Å². The third kappa shape index (κ3) is 4.23. The van der Waals surface area contributed by atoms with Gasteiger partial charge in [0.25, 0.3) is 0 Å². The fourth-order valence-corrected chi connectivity index (χ4v) is 4.59. The molecule has 3 saturated heterocycles. The van der Waals surface area contributed by atoms with Crippen molar-refractivity contribution < 1.29 is 27.5 Å². The van der Waals surface area contributed by atoms with Crippen LogP contribution in [-0.2, 0) is 15.7 Å². The third-order valence-corrected chi connectivity index (χ3v) is 6.20. The number of carbonyl (C=O) groups is 2. The first-order valence-electron chi connectivity index (χ1n) is 10.2. The quantitative estimate of drug-likeness (QED) is 0.748. The number of ether oxygens (including phenoxy) is 1. The number of nitrogens with zero attached hydrogens (tertiary/aromatic N) is 3. The molecular formula is C20H25F3N4O3. The fraction of sp³-hybridized carbons (Fsp3) is 0.650. The number of pyridine rings is 1. The van der Waals surface area contributed by atoms with Crippen LogP contribution in [0.25, 0.3) is 0 Å². The summed E-state index contributed by atoms with van der Waals surface area (Å²) in [5, 5.41) is 2.89. The van der Waals surface area contributed by atoms with E-state index in [1.165, 1.54) is 13.1 Å². The highest BCUT2D eigenvalue weighted by molar-refractivity contribution is 5.79. The summed E-state index contributed by atoms with van der Waals surface area (Å²) in [5.41, 5.74) is 0.0645. The van der Waals surface area contributed by atoms with E-state index in [9.17, 15) is 22.8 Å². The Bertz CT molecular complexity index is 824. The summed E-state index contributed by atoms with van der Waals surface area (Å²) in [4.78, 5) is 31.6. The van der Waals surface area contributed by atoms with Gasteiger partial charge in [-0.25, -0.2) is 4.79 Å². The van der Waals surface area contributed by atoms with Gasteiger partial charge in [0, 0.05) is 32.4 Å². The number of hydrogen-bond donors (Lipinski definition) is 1. The number of aryl methyl sites for hydroxylation is 1. The van der Waals surface area contributed by atoms with Crippen molar-refractivity contribution in [3.63, 3.8) is 0 Å². The van der Waals surface area contributed by atoms with Gasteiger partial charge in [0.15, 0.2) is 0 Å². The number of rotatable bonds is 1. The summed E-state index contributed by atoms with van der Waals surface area (Å²) >= 11 is 0. The molecule has 164 valence electrons. The van der Waals surface area contributed by atoms with E-state index in [1.54, 1.807) is 15.9 Å². The van der Waals surface area contributed by atoms with E-state index in [4.69, 9.17) is 4.74 Å². The molecule has 3 aliphatic rings. The molecular weight excluding hydrogens is 401 g/mol. The summed E-state index contributed by atoms with van der Waals surface area (Å²) in [5.74, 6) is -0.0777. The van der Waals surface area contributed by atoms with Crippen LogP contribution in [0.2, 0.25) is 0 Å². The molecule has 0 saturated carbocycles. The lowest BCUT2D eigenvalue weighted by Crippen LogP contribution is -2.62. The molecule has 3 amide bonds. The number of nitrogens with one attached hydrogen (secondary N) is 1. The zero-order chi connectivity index (χ0) is 21.5. The van der Waals surface area contributed by atoms with E-state index < -0.39 is 11.9 Å². The van der Waals surface area contributed by atoms with Crippen molar-refractivity contribution in [1.82, 2.24) is 20.1 Å². The Labute approximate surface area is 172 Å². The molecule has 4 heterocycles. The third-order valence-electron chi connectivity index (χ3n) is 6.20. The number of hydrogen-bond acceptors (Lipinski definition) is 4. The van der Waals surface area contributed by atoms with Crippen LogP contribution < -0.4 is 5.32 Å². The Morgan fingerprint density at radius 1 is 1.20 bits per heavy atom. The van der Waals surface area contributed by atoms with Crippen molar-refractivity contribution in [1.29, 1.82) is 0 Å². The lowest BCUT2D eigenvalue weighted by atomic mass is 9.89. The number of amides is 3. The van der Waals surface area contributed by atoms with Gasteiger partial charge >= 0.3 is 12.2 Å². The number of fused-ring (bicyclic) bond motifs is 1. The van der Waals surface area contributed by atoms with Gasteiger partial charge in [-0.05, 0) is 43.2 Å². The second kappa shape index (κ2) is 8.05. The van der Waals surface area contributed by atoms with Gasteiger partial charge in [-0.3, -0.25) is 9.78 Å². The highest BCUT2D eigenvalue weighted by Gasteiger charge is 2.38. The van der Waals surface area contributed by atoms with Crippen molar-refractivity contribution in [2.75, 3.05) is 32.8 Å². The minimum absolute atomic E-state index is 0.0482. The maximum Gasteiger partial charge on any atom is 0.433 e. The van der Waals surface area contributed by atoms with E-state index in [0.29, 0.717) is 45.4 Å². The molecule has 30 heavy (non-hydrogen) atoms. The number of likely N-dealkylation sites (tertiary alicyclic amines) is 2. The molecule has 3 aliphatic heterocycles. The van der Waals surface area contributed by atoms with E-state index in [1.807, 2.05) is 0 Å². The van der Waals surface area contributed by atoms with Gasteiger partial charge in [-0.2, -0.15) is 13.2 Å². The highest BCUT2D eigenvalue weighted by atomic mass is 19.4. The maximum atomic E-state index is 12.9. The summed E-state index contributed by atoms with van der Waals surface area (Å²) in [6, 6.07) is 1.32. The molecule has 1 N–H and O–H groups in total. The maximum absolute atomic E-state index is 12.9. The normalized spacial score (nSPS) is 25.7. The van der Waals surface area contributed by atoms with Crippen LogP contribution in [0, 0.1) is 6.92 Å². The molecule has 7 nitrogen and oxygen atoms in total. The van der Waals surface area contributed by atoms with Crippen LogP contribution >= 0.6 is 0 Å². The Hall–Kier alpha value is -2.36. The molecule has 0 spiro atoms. The molecule has 0 aromatic carbocycles. The van der Waals surface area contributed by atoms with E-state index in [0.717, 1.165) is 5.56 Å². The Morgan fingerprint density at radius 2 is 1.90 bits per heavy atom. The van der Waals surface area contributed by atoms with Gasteiger partial charge in [0.2, 0.25) is 5.91 Å². The monoisotopic (exact) mass is 426 g/mol. The standard InChI is InChI=1S/C20H25F3N4O3/c1-12-8-14(9-24-18(12)20(21,22)23)13-2-5-26(6-3-13)19(29)27-7-4-16-15(10-27)25-17(28)11-30-16/h8-9,13,15-16H,2-7,10-11H2,1H3,(H,25,28)/t15-,16?/m1/s1. The van der Waals surface area contributed by atoms with E-state index >= 15 is 0 Å². The molecule has 3 fully saturated rings. The SMILES string of the molecule is Cc1cc(C2CCN(C(=O)N3CCC4OCC(=O)N[C@@H]4C3)CC2)cnc1C(F)(F)F. The van der Waals surface area contributed by atoms with Gasteiger partial charge in [0.1, 0.15) is 12.3 Å². The largest absolute Gasteiger partial charge is 0.433 e. The molecule has 0 radical (unpaired) electrons. The lowest BCUT2D eigenvalue weighted by Gasteiger charge is -2.43. The Morgan fingerprint density at radius 3 is 2.57 bits per heavy atom. The van der Waals surface area contributed by atoms with Crippen LogP contribution in [0.3, 0.4) is 0 Å². The summed E-state index contributed by atoms with van der Waals surface area (Å²) < 4.78 is 44.3. The molecule has 1 aromatic rings. The minimum Gasteiger partial charge on any atom is -0.366 e. The van der Waals surface area contributed by atoms with Crippen molar-refractivity contribution in [2.45, 2.75) is 50.4 Å². The predicted octanol–water partition coefficient (Wildman–Crippen LogP) is 2.30. The fourth-order valence-electron chi connectivity index (χ4n) is 4.59. The van der Waals surface area contributed by atoms with Crippen LogP contribution in [0.15, 0.2) is 12.3 Å². The first-order chi connectivity index (χ1) is 14.2. The van der Waals surface area contributed by atoms with Crippen molar-refractivity contribution in [3.8, 4) is 0 Å². The van der Waals surface area contributed by atoms with Crippen molar-refractivity contribution >= 4 is 11.9 Å².